The maximum atomic E-state index is 12.6. The van der Waals surface area contributed by atoms with Gasteiger partial charge in [-0.2, -0.15) is 5.26 Å². The van der Waals surface area contributed by atoms with Crippen LogP contribution in [-0.4, -0.2) is 48.0 Å². The maximum absolute atomic E-state index is 12.6. The number of aromatic nitrogens is 2. The molecule has 2 heterocycles. The predicted molar refractivity (Wildman–Crippen MR) is 162 cm³/mol. The Labute approximate surface area is 244 Å². The van der Waals surface area contributed by atoms with Crippen molar-refractivity contribution in [2.45, 2.75) is 20.5 Å². The number of halogens is 1. The minimum Gasteiger partial charge on any atom is -0.492 e. The topological polar surface area (TPSA) is 112 Å². The van der Waals surface area contributed by atoms with Crippen LogP contribution in [0.3, 0.4) is 0 Å². The summed E-state index contributed by atoms with van der Waals surface area (Å²) in [5.74, 6) is 0.755. The first kappa shape index (κ1) is 29.3. The van der Waals surface area contributed by atoms with Crippen molar-refractivity contribution in [3.63, 3.8) is 0 Å². The third kappa shape index (κ3) is 7.51. The zero-order chi connectivity index (χ0) is 29.4. The van der Waals surface area contributed by atoms with Crippen molar-refractivity contribution in [3.05, 3.63) is 88.9 Å². The molecule has 0 aliphatic rings. The summed E-state index contributed by atoms with van der Waals surface area (Å²) in [6.45, 7) is 5.17. The van der Waals surface area contributed by atoms with Gasteiger partial charge in [0.25, 0.3) is 0 Å². The summed E-state index contributed by atoms with van der Waals surface area (Å²) in [7, 11) is 3.84. The van der Waals surface area contributed by atoms with E-state index in [0.29, 0.717) is 69.8 Å². The van der Waals surface area contributed by atoms with Crippen LogP contribution in [0.25, 0.3) is 10.9 Å². The molecule has 0 unspecified atom stereocenters. The molecule has 2 aromatic carbocycles. The average molecular weight is 571 g/mol. The zero-order valence-electron chi connectivity index (χ0n) is 23.4. The van der Waals surface area contributed by atoms with Gasteiger partial charge in [-0.1, -0.05) is 23.7 Å². The molecule has 0 aliphatic heterocycles. The molecular weight excluding hydrogens is 540 g/mol. The number of fused-ring (bicyclic) bond motifs is 1. The van der Waals surface area contributed by atoms with Gasteiger partial charge in [0, 0.05) is 42.5 Å². The van der Waals surface area contributed by atoms with Crippen molar-refractivity contribution in [3.8, 4) is 17.6 Å². The van der Waals surface area contributed by atoms with Crippen molar-refractivity contribution >= 4 is 45.5 Å². The van der Waals surface area contributed by atoms with Gasteiger partial charge in [0.05, 0.1) is 45.5 Å². The number of aryl methyl sites for hydroxylation is 1. The van der Waals surface area contributed by atoms with Gasteiger partial charge in [-0.25, -0.2) is 0 Å². The summed E-state index contributed by atoms with van der Waals surface area (Å²) >= 11 is 6.63. The van der Waals surface area contributed by atoms with Crippen molar-refractivity contribution in [2.75, 3.05) is 37.9 Å². The summed E-state index contributed by atoms with van der Waals surface area (Å²) in [6, 6.07) is 14.8. The maximum Gasteiger partial charge on any atom is 0.248 e. The first-order chi connectivity index (χ1) is 19.8. The Morgan fingerprint density at radius 3 is 2.68 bits per heavy atom. The second-order valence-electron chi connectivity index (χ2n) is 9.43. The van der Waals surface area contributed by atoms with Crippen molar-refractivity contribution in [1.29, 1.82) is 5.26 Å². The lowest BCUT2D eigenvalue weighted by molar-refractivity contribution is -0.111. The van der Waals surface area contributed by atoms with Crippen molar-refractivity contribution < 1.29 is 14.3 Å². The molecule has 4 aromatic rings. The molecule has 4 rings (SSSR count). The molecule has 0 bridgehead atoms. The molecular formula is C31H31ClN6O3. The van der Waals surface area contributed by atoms with E-state index in [4.69, 9.17) is 21.1 Å². The van der Waals surface area contributed by atoms with Gasteiger partial charge >= 0.3 is 0 Å². The smallest absolute Gasteiger partial charge is 0.248 e. The van der Waals surface area contributed by atoms with E-state index in [9.17, 15) is 10.1 Å². The third-order valence-electron chi connectivity index (χ3n) is 6.08. The number of hydrogen-bond acceptors (Lipinski definition) is 8. The van der Waals surface area contributed by atoms with Crippen molar-refractivity contribution in [1.82, 2.24) is 14.9 Å². The number of rotatable bonds is 11. The minimum absolute atomic E-state index is 0.300. The molecule has 0 atom stereocenters. The molecule has 0 aliphatic carbocycles. The van der Waals surface area contributed by atoms with Gasteiger partial charge in [0.2, 0.25) is 5.91 Å². The number of nitrogens with one attached hydrogen (secondary N) is 2. The summed E-state index contributed by atoms with van der Waals surface area (Å²) in [4.78, 5) is 23.4. The standard InChI is InChI=1S/C31H31ClN6O3/c1-5-40-29-16-26-23(15-27(29)36-30(39)9-7-13-38(3)4)31(21(17-33)18-35-26)37-25-11-10-22(14-24(25)32)41-19-28-20(2)8-6-12-34-28/h6-12,14-16,18H,5,13,19H2,1-4H3,(H,35,37)(H,36,39)/b9-7+. The van der Waals surface area contributed by atoms with Crippen LogP contribution in [0.2, 0.25) is 5.02 Å². The Kier molecular flexibility index (Phi) is 9.74. The Balaban J connectivity index is 1.65. The Bertz CT molecular complexity index is 1630. The van der Waals surface area contributed by atoms with Crippen LogP contribution in [0.5, 0.6) is 11.5 Å². The lowest BCUT2D eigenvalue weighted by Crippen LogP contribution is -2.13. The highest BCUT2D eigenvalue weighted by atomic mass is 35.5. The fourth-order valence-electron chi connectivity index (χ4n) is 4.00. The van der Waals surface area contributed by atoms with Crippen molar-refractivity contribution in [2.24, 2.45) is 0 Å². The first-order valence-corrected chi connectivity index (χ1v) is 13.4. The number of likely N-dealkylation sites (N-methyl/N-ethyl adjacent to an activating group) is 1. The van der Waals surface area contributed by atoms with E-state index in [0.717, 1.165) is 11.3 Å². The average Bonchev–Trinajstić information content (AvgIpc) is 2.94. The van der Waals surface area contributed by atoms with Crippen LogP contribution in [0.1, 0.15) is 23.7 Å². The van der Waals surface area contributed by atoms with Gasteiger partial charge in [0.1, 0.15) is 24.2 Å². The van der Waals surface area contributed by atoms with Gasteiger partial charge in [-0.05, 0) is 57.8 Å². The summed E-state index contributed by atoms with van der Waals surface area (Å²) in [6.07, 6.45) is 6.46. The third-order valence-corrected chi connectivity index (χ3v) is 6.39. The number of carbonyl (C=O) groups is 1. The van der Waals surface area contributed by atoms with E-state index in [-0.39, 0.29) is 5.91 Å². The van der Waals surface area contributed by atoms with Crippen LogP contribution in [0.15, 0.2) is 67.0 Å². The normalized spacial score (nSPS) is 11.0. The highest BCUT2D eigenvalue weighted by Crippen LogP contribution is 2.38. The second-order valence-corrected chi connectivity index (χ2v) is 9.84. The molecule has 210 valence electrons. The fraction of sp³-hybridized carbons (Fsp3) is 0.226. The summed E-state index contributed by atoms with van der Waals surface area (Å²) in [5.41, 5.74) is 4.30. The van der Waals surface area contributed by atoms with E-state index >= 15 is 0 Å². The van der Waals surface area contributed by atoms with Crippen LogP contribution in [-0.2, 0) is 11.4 Å². The quantitative estimate of drug-likeness (QED) is 0.204. The van der Waals surface area contributed by atoms with Gasteiger partial charge in [0.15, 0.2) is 0 Å². The molecule has 41 heavy (non-hydrogen) atoms. The number of amides is 1. The molecule has 9 nitrogen and oxygen atoms in total. The first-order valence-electron chi connectivity index (χ1n) is 13.0. The Hall–Kier alpha value is -4.65. The monoisotopic (exact) mass is 570 g/mol. The highest BCUT2D eigenvalue weighted by molar-refractivity contribution is 6.33. The summed E-state index contributed by atoms with van der Waals surface area (Å²) in [5, 5.41) is 17.1. The molecule has 2 N–H and O–H groups in total. The minimum atomic E-state index is -0.300. The number of pyridine rings is 2. The molecule has 2 aromatic heterocycles. The number of hydrogen-bond donors (Lipinski definition) is 2. The Morgan fingerprint density at radius 2 is 1.98 bits per heavy atom. The molecule has 1 amide bonds. The van der Waals surface area contributed by atoms with E-state index in [1.54, 1.807) is 42.6 Å². The number of benzene rings is 2. The highest BCUT2D eigenvalue weighted by Gasteiger charge is 2.16. The molecule has 10 heteroatoms. The van der Waals surface area contributed by atoms with E-state index in [1.165, 1.54) is 12.3 Å². The number of carbonyl (C=O) groups excluding carboxylic acids is 1. The fourth-order valence-corrected chi connectivity index (χ4v) is 4.22. The van der Waals surface area contributed by atoms with Gasteiger partial charge in [-0.3, -0.25) is 14.8 Å². The number of nitriles is 1. The SMILES string of the molecule is CCOc1cc2ncc(C#N)c(Nc3ccc(OCc4ncccc4C)cc3Cl)c2cc1NC(=O)/C=C/CN(C)C. The second kappa shape index (κ2) is 13.6. The molecule has 0 saturated heterocycles. The van der Waals surface area contributed by atoms with E-state index in [2.05, 4.69) is 26.7 Å². The van der Waals surface area contributed by atoms with Gasteiger partial charge < -0.3 is 25.0 Å². The zero-order valence-corrected chi connectivity index (χ0v) is 24.1. The number of ether oxygens (including phenoxy) is 2. The van der Waals surface area contributed by atoms with E-state index in [1.807, 2.05) is 45.0 Å². The largest absolute Gasteiger partial charge is 0.492 e. The number of nitrogens with zero attached hydrogens (tertiary/aromatic N) is 4. The lowest BCUT2D eigenvalue weighted by Gasteiger charge is -2.17. The lowest BCUT2D eigenvalue weighted by atomic mass is 10.1. The predicted octanol–water partition coefficient (Wildman–Crippen LogP) is 6.24. The van der Waals surface area contributed by atoms with Crippen LogP contribution >= 0.6 is 11.6 Å². The number of anilines is 3. The summed E-state index contributed by atoms with van der Waals surface area (Å²) < 4.78 is 11.7. The van der Waals surface area contributed by atoms with Crippen LogP contribution in [0, 0.1) is 18.3 Å². The molecule has 0 radical (unpaired) electrons. The van der Waals surface area contributed by atoms with E-state index < -0.39 is 0 Å². The molecule has 0 spiro atoms. The Morgan fingerprint density at radius 1 is 1.15 bits per heavy atom. The van der Waals surface area contributed by atoms with Crippen LogP contribution in [0.4, 0.5) is 17.1 Å². The molecule has 0 fully saturated rings. The molecule has 0 saturated carbocycles. The van der Waals surface area contributed by atoms with Gasteiger partial charge in [-0.15, -0.1) is 0 Å². The van der Waals surface area contributed by atoms with Crippen LogP contribution < -0.4 is 20.1 Å².